The predicted molar refractivity (Wildman–Crippen MR) is 116 cm³/mol. The third-order valence-corrected chi connectivity index (χ3v) is 6.30. The van der Waals surface area contributed by atoms with Gasteiger partial charge in [-0.2, -0.15) is 4.99 Å². The molecule has 0 spiro atoms. The molecule has 31 heavy (non-hydrogen) atoms. The summed E-state index contributed by atoms with van der Waals surface area (Å²) in [7, 11) is 0. The second-order valence-electron chi connectivity index (χ2n) is 7.29. The third-order valence-electron chi connectivity index (χ3n) is 5.26. The molecule has 1 amide bonds. The van der Waals surface area contributed by atoms with Crippen LogP contribution in [-0.4, -0.2) is 28.0 Å². The first-order chi connectivity index (χ1) is 15.0. The van der Waals surface area contributed by atoms with Crippen LogP contribution in [0.5, 0.6) is 0 Å². The summed E-state index contributed by atoms with van der Waals surface area (Å²) in [6.07, 6.45) is 4.24. The zero-order chi connectivity index (χ0) is 22.0. The zero-order valence-electron chi connectivity index (χ0n) is 17.0. The number of fused-ring (bicyclic) bond motifs is 2. The van der Waals surface area contributed by atoms with E-state index in [1.807, 2.05) is 12.1 Å². The summed E-state index contributed by atoms with van der Waals surface area (Å²) in [5.41, 5.74) is 3.46. The maximum absolute atomic E-state index is 12.9. The molecule has 2 aromatic carbocycles. The first-order valence-electron chi connectivity index (χ1n) is 10.1. The number of nitrogens with zero attached hydrogens (tertiary/aromatic N) is 3. The van der Waals surface area contributed by atoms with Gasteiger partial charge < -0.3 is 9.30 Å². The van der Waals surface area contributed by atoms with Gasteiger partial charge in [-0.1, -0.05) is 17.4 Å². The van der Waals surface area contributed by atoms with Gasteiger partial charge >= 0.3 is 5.97 Å². The normalized spacial score (nSPS) is 13.8. The Morgan fingerprint density at radius 2 is 1.94 bits per heavy atom. The second kappa shape index (κ2) is 8.81. The molecule has 0 N–H and O–H groups in total. The van der Waals surface area contributed by atoms with Gasteiger partial charge in [0.25, 0.3) is 11.6 Å². The molecule has 0 saturated heterocycles. The molecule has 3 aromatic rings. The molecule has 0 unspecified atom stereocenters. The van der Waals surface area contributed by atoms with Crippen molar-refractivity contribution in [1.29, 1.82) is 0 Å². The smallest absolute Gasteiger partial charge is 0.326 e. The maximum Gasteiger partial charge on any atom is 0.326 e. The molecular formula is C22H21N3O5S. The van der Waals surface area contributed by atoms with E-state index < -0.39 is 16.8 Å². The van der Waals surface area contributed by atoms with Crippen molar-refractivity contribution in [1.82, 2.24) is 4.57 Å². The summed E-state index contributed by atoms with van der Waals surface area (Å²) in [6.45, 7) is 1.80. The van der Waals surface area contributed by atoms with Crippen LogP contribution in [0.3, 0.4) is 0 Å². The van der Waals surface area contributed by atoms with Crippen molar-refractivity contribution in [2.75, 3.05) is 6.61 Å². The molecule has 0 bridgehead atoms. The molecule has 4 rings (SSSR count). The topological polar surface area (TPSA) is 104 Å². The Labute approximate surface area is 182 Å². The summed E-state index contributed by atoms with van der Waals surface area (Å²) in [5.74, 6) is -0.879. The summed E-state index contributed by atoms with van der Waals surface area (Å²) < 4.78 is 7.18. The Morgan fingerprint density at radius 1 is 1.16 bits per heavy atom. The summed E-state index contributed by atoms with van der Waals surface area (Å²) in [6, 6.07) is 10.0. The number of aryl methyl sites for hydroxylation is 2. The van der Waals surface area contributed by atoms with Crippen molar-refractivity contribution in [3.05, 3.63) is 68.0 Å². The minimum absolute atomic E-state index is 0.0652. The van der Waals surface area contributed by atoms with E-state index >= 15 is 0 Å². The van der Waals surface area contributed by atoms with E-state index in [0.717, 1.165) is 37.0 Å². The number of nitro groups is 1. The number of aromatic nitrogens is 1. The molecular weight excluding hydrogens is 418 g/mol. The van der Waals surface area contributed by atoms with Crippen LogP contribution in [0.1, 0.15) is 41.3 Å². The lowest BCUT2D eigenvalue weighted by Crippen LogP contribution is -2.23. The first kappa shape index (κ1) is 20.9. The van der Waals surface area contributed by atoms with Crippen molar-refractivity contribution >= 4 is 39.1 Å². The fraction of sp³-hybridized carbons (Fsp3) is 0.318. The van der Waals surface area contributed by atoms with Crippen molar-refractivity contribution in [2.24, 2.45) is 4.99 Å². The van der Waals surface area contributed by atoms with E-state index in [0.29, 0.717) is 20.6 Å². The van der Waals surface area contributed by atoms with E-state index in [4.69, 9.17) is 4.74 Å². The van der Waals surface area contributed by atoms with E-state index in [9.17, 15) is 19.7 Å². The fourth-order valence-electron chi connectivity index (χ4n) is 3.77. The van der Waals surface area contributed by atoms with Crippen LogP contribution in [0.15, 0.2) is 41.4 Å². The monoisotopic (exact) mass is 439 g/mol. The molecule has 1 aliphatic rings. The highest BCUT2D eigenvalue weighted by Gasteiger charge is 2.17. The fourth-order valence-corrected chi connectivity index (χ4v) is 4.83. The van der Waals surface area contributed by atoms with Gasteiger partial charge in [0, 0.05) is 17.7 Å². The van der Waals surface area contributed by atoms with Gasteiger partial charge in [-0.05, 0) is 61.9 Å². The van der Waals surface area contributed by atoms with Crippen LogP contribution < -0.4 is 4.80 Å². The average Bonchev–Trinajstić information content (AvgIpc) is 3.09. The Balaban J connectivity index is 1.78. The largest absolute Gasteiger partial charge is 0.465 e. The molecule has 1 aliphatic carbocycles. The van der Waals surface area contributed by atoms with Gasteiger partial charge in [-0.15, -0.1) is 0 Å². The van der Waals surface area contributed by atoms with Crippen LogP contribution in [0, 0.1) is 10.1 Å². The Morgan fingerprint density at radius 3 is 2.68 bits per heavy atom. The molecule has 0 radical (unpaired) electrons. The number of thiazole rings is 1. The highest BCUT2D eigenvalue weighted by atomic mass is 32.1. The molecule has 0 atom stereocenters. The lowest BCUT2D eigenvalue weighted by Gasteiger charge is -2.15. The molecule has 8 nitrogen and oxygen atoms in total. The quantitative estimate of drug-likeness (QED) is 0.342. The van der Waals surface area contributed by atoms with Crippen LogP contribution in [0.2, 0.25) is 0 Å². The molecule has 1 heterocycles. The lowest BCUT2D eigenvalue weighted by atomic mass is 9.90. The van der Waals surface area contributed by atoms with Crippen molar-refractivity contribution in [2.45, 2.75) is 39.2 Å². The van der Waals surface area contributed by atoms with E-state index in [-0.39, 0.29) is 18.8 Å². The van der Waals surface area contributed by atoms with Gasteiger partial charge in [-0.3, -0.25) is 19.7 Å². The van der Waals surface area contributed by atoms with Gasteiger partial charge in [0.05, 0.1) is 21.7 Å². The van der Waals surface area contributed by atoms with Crippen molar-refractivity contribution in [3.8, 4) is 0 Å². The average molecular weight is 439 g/mol. The lowest BCUT2D eigenvalue weighted by molar-refractivity contribution is -0.384. The number of amides is 1. The van der Waals surface area contributed by atoms with E-state index in [1.165, 1.54) is 23.3 Å². The van der Waals surface area contributed by atoms with Crippen LogP contribution in [0.4, 0.5) is 5.69 Å². The van der Waals surface area contributed by atoms with Gasteiger partial charge in [0.15, 0.2) is 4.80 Å². The number of carbonyl (C=O) groups excluding carboxylic acids is 2. The molecule has 1 aromatic heterocycles. The maximum atomic E-state index is 12.9. The minimum atomic E-state index is -0.482. The van der Waals surface area contributed by atoms with Crippen molar-refractivity contribution < 1.29 is 19.2 Å². The number of esters is 1. The third kappa shape index (κ3) is 4.41. The minimum Gasteiger partial charge on any atom is -0.465 e. The number of non-ortho nitro benzene ring substituents is 1. The highest BCUT2D eigenvalue weighted by molar-refractivity contribution is 7.16. The van der Waals surface area contributed by atoms with E-state index in [1.54, 1.807) is 23.6 Å². The highest BCUT2D eigenvalue weighted by Crippen LogP contribution is 2.24. The molecule has 160 valence electrons. The predicted octanol–water partition coefficient (Wildman–Crippen LogP) is 3.79. The molecule has 0 saturated carbocycles. The number of hydrogen-bond donors (Lipinski definition) is 0. The SMILES string of the molecule is CCOC(=O)Cn1c(=NC(=O)c2ccc3c(c2)CCCC3)sc2cc([N+](=O)[O-])ccc21. The molecule has 0 fully saturated rings. The number of carbonyl (C=O) groups is 2. The van der Waals surface area contributed by atoms with Gasteiger partial charge in [0.2, 0.25) is 0 Å². The Kier molecular flexibility index (Phi) is 5.94. The van der Waals surface area contributed by atoms with Gasteiger partial charge in [-0.25, -0.2) is 0 Å². The van der Waals surface area contributed by atoms with Crippen LogP contribution in [-0.2, 0) is 28.9 Å². The summed E-state index contributed by atoms with van der Waals surface area (Å²) in [5, 5.41) is 11.1. The second-order valence-corrected chi connectivity index (χ2v) is 8.30. The van der Waals surface area contributed by atoms with Crippen LogP contribution in [0.25, 0.3) is 10.2 Å². The summed E-state index contributed by atoms with van der Waals surface area (Å²) in [4.78, 5) is 40.3. The number of benzene rings is 2. The van der Waals surface area contributed by atoms with Crippen LogP contribution >= 0.6 is 11.3 Å². The number of rotatable bonds is 5. The number of ether oxygens (including phenoxy) is 1. The standard InChI is InChI=1S/C22H21N3O5S/c1-2-30-20(26)13-24-18-10-9-17(25(28)29)12-19(18)31-22(24)23-21(27)16-8-7-14-5-3-4-6-15(14)11-16/h7-12H,2-6,13H2,1H3. The van der Waals surface area contributed by atoms with Gasteiger partial charge in [0.1, 0.15) is 6.54 Å². The number of nitro benzene ring substituents is 1. The first-order valence-corrected chi connectivity index (χ1v) is 10.9. The Hall–Kier alpha value is -3.33. The number of hydrogen-bond acceptors (Lipinski definition) is 6. The molecule has 0 aliphatic heterocycles. The zero-order valence-corrected chi connectivity index (χ0v) is 17.8. The Bertz CT molecular complexity index is 1260. The van der Waals surface area contributed by atoms with E-state index in [2.05, 4.69) is 4.99 Å². The molecule has 9 heteroatoms. The summed E-state index contributed by atoms with van der Waals surface area (Å²) >= 11 is 1.13. The van der Waals surface area contributed by atoms with Crippen molar-refractivity contribution in [3.63, 3.8) is 0 Å².